The van der Waals surface area contributed by atoms with Gasteiger partial charge in [-0.05, 0) is 18.3 Å². The molecule has 5 nitrogen and oxygen atoms in total. The predicted molar refractivity (Wildman–Crippen MR) is 80.5 cm³/mol. The van der Waals surface area contributed by atoms with E-state index in [9.17, 15) is 4.79 Å². The lowest BCUT2D eigenvalue weighted by Crippen LogP contribution is -2.41. The number of aromatic nitrogens is 3. The Labute approximate surface area is 119 Å². The number of hydrogen-bond donors (Lipinski definition) is 2. The average Bonchev–Trinajstić information content (AvgIpc) is 2.66. The van der Waals surface area contributed by atoms with Crippen LogP contribution in [0.3, 0.4) is 0 Å². The van der Waals surface area contributed by atoms with E-state index in [1.54, 1.807) is 16.3 Å². The van der Waals surface area contributed by atoms with Gasteiger partial charge in [0.2, 0.25) is 0 Å². The van der Waals surface area contributed by atoms with Crippen LogP contribution in [0.2, 0.25) is 0 Å². The van der Waals surface area contributed by atoms with E-state index < -0.39 is 0 Å². The van der Waals surface area contributed by atoms with E-state index in [4.69, 9.17) is 5.73 Å². The molecule has 1 rings (SSSR count). The van der Waals surface area contributed by atoms with Crippen LogP contribution in [0.15, 0.2) is 9.95 Å². The number of nitrogens with two attached hydrogens (primary N) is 1. The molecular formula is C13H26N4OS. The predicted octanol–water partition coefficient (Wildman–Crippen LogP) is 2.23. The van der Waals surface area contributed by atoms with Crippen LogP contribution in [0.4, 0.5) is 0 Å². The van der Waals surface area contributed by atoms with Crippen LogP contribution >= 0.6 is 11.8 Å². The van der Waals surface area contributed by atoms with Crippen molar-refractivity contribution in [3.05, 3.63) is 10.5 Å². The first-order chi connectivity index (χ1) is 8.81. The summed E-state index contributed by atoms with van der Waals surface area (Å²) in [4.78, 5) is 11.7. The number of thioether (sulfide) groups is 1. The zero-order valence-corrected chi connectivity index (χ0v) is 13.4. The summed E-state index contributed by atoms with van der Waals surface area (Å²) in [6.45, 7) is 11.4. The Bertz CT molecular complexity index is 446. The van der Waals surface area contributed by atoms with E-state index in [-0.39, 0.29) is 22.4 Å². The highest BCUT2D eigenvalue weighted by molar-refractivity contribution is 7.99. The van der Waals surface area contributed by atoms with Crippen LogP contribution in [0.5, 0.6) is 0 Å². The molecule has 19 heavy (non-hydrogen) atoms. The molecule has 6 heteroatoms. The summed E-state index contributed by atoms with van der Waals surface area (Å²) in [7, 11) is 0. The van der Waals surface area contributed by atoms with Gasteiger partial charge in [0, 0.05) is 17.8 Å². The first kappa shape index (κ1) is 16.3. The van der Waals surface area contributed by atoms with Gasteiger partial charge in [0.25, 0.3) is 0 Å². The van der Waals surface area contributed by atoms with Crippen molar-refractivity contribution >= 4 is 11.8 Å². The van der Waals surface area contributed by atoms with E-state index in [0.717, 1.165) is 18.0 Å². The van der Waals surface area contributed by atoms with Gasteiger partial charge in [0.1, 0.15) is 0 Å². The average molecular weight is 286 g/mol. The van der Waals surface area contributed by atoms with Crippen molar-refractivity contribution in [3.63, 3.8) is 0 Å². The van der Waals surface area contributed by atoms with E-state index in [1.807, 2.05) is 6.92 Å². The lowest BCUT2D eigenvalue weighted by molar-refractivity contribution is 0.349. The minimum atomic E-state index is -0.137. The molecule has 1 aromatic rings. The summed E-state index contributed by atoms with van der Waals surface area (Å²) in [5.41, 5.74) is 6.16. The Morgan fingerprint density at radius 1 is 1.42 bits per heavy atom. The zero-order chi connectivity index (χ0) is 14.6. The van der Waals surface area contributed by atoms with Gasteiger partial charge in [-0.15, -0.1) is 5.10 Å². The fraction of sp³-hybridized carbons (Fsp3) is 0.846. The molecule has 0 amide bonds. The second-order valence-corrected chi connectivity index (χ2v) is 7.05. The first-order valence-electron chi connectivity index (χ1n) is 6.88. The molecule has 0 aromatic carbocycles. The monoisotopic (exact) mass is 286 g/mol. The SMILES string of the molecule is CCCn1c(SC(C(N)CC)C(C)(C)C)n[nH]c1=O. The van der Waals surface area contributed by atoms with Gasteiger partial charge in [0.15, 0.2) is 5.16 Å². The molecule has 0 bridgehead atoms. The van der Waals surface area contributed by atoms with Crippen molar-refractivity contribution in [3.8, 4) is 0 Å². The number of aromatic amines is 1. The Hall–Kier alpha value is -0.750. The molecular weight excluding hydrogens is 260 g/mol. The molecule has 0 aliphatic rings. The van der Waals surface area contributed by atoms with Crippen molar-refractivity contribution < 1.29 is 0 Å². The van der Waals surface area contributed by atoms with E-state index in [2.05, 4.69) is 37.9 Å². The highest BCUT2D eigenvalue weighted by Gasteiger charge is 2.32. The molecule has 0 saturated carbocycles. The maximum absolute atomic E-state index is 11.7. The van der Waals surface area contributed by atoms with Gasteiger partial charge in [-0.25, -0.2) is 9.89 Å². The highest BCUT2D eigenvalue weighted by atomic mass is 32.2. The largest absolute Gasteiger partial charge is 0.343 e. The lowest BCUT2D eigenvalue weighted by Gasteiger charge is -2.33. The lowest BCUT2D eigenvalue weighted by atomic mass is 9.87. The standard InChI is InChI=1S/C13H26N4OS/c1-6-8-17-11(18)15-16-12(17)19-10(9(14)7-2)13(3,4)5/h9-10H,6-8,14H2,1-5H3,(H,15,18). The molecule has 1 aromatic heterocycles. The summed E-state index contributed by atoms with van der Waals surface area (Å²) < 4.78 is 1.70. The third kappa shape index (κ3) is 4.11. The minimum Gasteiger partial charge on any atom is -0.327 e. The van der Waals surface area contributed by atoms with Gasteiger partial charge < -0.3 is 5.73 Å². The van der Waals surface area contributed by atoms with Gasteiger partial charge in [-0.2, -0.15) is 0 Å². The van der Waals surface area contributed by atoms with Crippen LogP contribution in [-0.2, 0) is 6.54 Å². The maximum atomic E-state index is 11.7. The van der Waals surface area contributed by atoms with Gasteiger partial charge in [0.05, 0.1) is 0 Å². The van der Waals surface area contributed by atoms with Crippen molar-refractivity contribution in [2.75, 3.05) is 0 Å². The van der Waals surface area contributed by atoms with Gasteiger partial charge >= 0.3 is 5.69 Å². The summed E-state index contributed by atoms with van der Waals surface area (Å²) in [5.74, 6) is 0. The number of nitrogens with one attached hydrogen (secondary N) is 1. The molecule has 0 fully saturated rings. The summed E-state index contributed by atoms with van der Waals surface area (Å²) in [6.07, 6.45) is 1.82. The third-order valence-corrected chi connectivity index (χ3v) is 4.95. The molecule has 0 saturated heterocycles. The molecule has 0 aliphatic carbocycles. The van der Waals surface area contributed by atoms with E-state index >= 15 is 0 Å². The maximum Gasteiger partial charge on any atom is 0.343 e. The third-order valence-electron chi connectivity index (χ3n) is 3.12. The normalized spacial score (nSPS) is 15.5. The Morgan fingerprint density at radius 2 is 2.05 bits per heavy atom. The molecule has 110 valence electrons. The number of rotatable bonds is 6. The van der Waals surface area contributed by atoms with Gasteiger partial charge in [-0.1, -0.05) is 46.4 Å². The summed E-state index contributed by atoms with van der Waals surface area (Å²) >= 11 is 1.61. The van der Waals surface area contributed by atoms with E-state index in [1.165, 1.54) is 0 Å². The quantitative estimate of drug-likeness (QED) is 0.786. The summed E-state index contributed by atoms with van der Waals surface area (Å²) in [5, 5.41) is 7.64. The minimum absolute atomic E-state index is 0.0616. The second-order valence-electron chi connectivity index (χ2n) is 5.94. The number of H-pyrrole nitrogens is 1. The first-order valence-corrected chi connectivity index (χ1v) is 7.76. The van der Waals surface area contributed by atoms with Crippen molar-refractivity contribution in [2.24, 2.45) is 11.1 Å². The van der Waals surface area contributed by atoms with Crippen LogP contribution in [0.1, 0.15) is 47.5 Å². The van der Waals surface area contributed by atoms with Crippen LogP contribution in [0.25, 0.3) is 0 Å². The molecule has 3 N–H and O–H groups in total. The molecule has 0 spiro atoms. The van der Waals surface area contributed by atoms with Crippen LogP contribution in [-0.4, -0.2) is 26.1 Å². The second kappa shape index (κ2) is 6.61. The topological polar surface area (TPSA) is 76.7 Å². The van der Waals surface area contributed by atoms with Crippen molar-refractivity contribution in [2.45, 2.75) is 70.5 Å². The molecule has 2 atom stereocenters. The molecule has 0 radical (unpaired) electrons. The fourth-order valence-corrected chi connectivity index (χ4v) is 3.40. The summed E-state index contributed by atoms with van der Waals surface area (Å²) in [6, 6.07) is 0.0897. The zero-order valence-electron chi connectivity index (χ0n) is 12.6. The van der Waals surface area contributed by atoms with Crippen LogP contribution < -0.4 is 11.4 Å². The Balaban J connectivity index is 3.00. The van der Waals surface area contributed by atoms with Gasteiger partial charge in [-0.3, -0.25) is 4.57 Å². The van der Waals surface area contributed by atoms with E-state index in [0.29, 0.717) is 6.54 Å². The molecule has 2 unspecified atom stereocenters. The van der Waals surface area contributed by atoms with Crippen molar-refractivity contribution in [1.29, 1.82) is 0 Å². The Kier molecular flexibility index (Phi) is 5.67. The van der Waals surface area contributed by atoms with Crippen molar-refractivity contribution in [1.82, 2.24) is 14.8 Å². The smallest absolute Gasteiger partial charge is 0.327 e. The number of hydrogen-bond acceptors (Lipinski definition) is 4. The fourth-order valence-electron chi connectivity index (χ4n) is 2.05. The number of nitrogens with zero attached hydrogens (tertiary/aromatic N) is 2. The highest BCUT2D eigenvalue weighted by Crippen LogP contribution is 2.36. The van der Waals surface area contributed by atoms with Crippen LogP contribution in [0, 0.1) is 5.41 Å². The molecule has 0 aliphatic heterocycles. The Morgan fingerprint density at radius 3 is 2.53 bits per heavy atom. The molecule has 1 heterocycles.